The lowest BCUT2D eigenvalue weighted by molar-refractivity contribution is -0.115. The van der Waals surface area contributed by atoms with E-state index in [0.29, 0.717) is 15.7 Å². The van der Waals surface area contributed by atoms with Crippen molar-refractivity contribution >= 4 is 46.1 Å². The molecule has 0 atom stereocenters. The Hall–Kier alpha value is -1.10. The van der Waals surface area contributed by atoms with Gasteiger partial charge in [-0.15, -0.1) is 11.3 Å². The summed E-state index contributed by atoms with van der Waals surface area (Å²) in [6.07, 6.45) is 0.254. The molecule has 17 heavy (non-hydrogen) atoms. The zero-order chi connectivity index (χ0) is 12.3. The average Bonchev–Trinajstić information content (AvgIpc) is 2.76. The van der Waals surface area contributed by atoms with E-state index >= 15 is 0 Å². The van der Waals surface area contributed by atoms with Crippen LogP contribution in [-0.2, 0) is 11.2 Å². The topological polar surface area (TPSA) is 42.0 Å². The third-order valence-corrected chi connectivity index (χ3v) is 3.40. The maximum Gasteiger partial charge on any atom is 0.230 e. The third kappa shape index (κ3) is 3.43. The summed E-state index contributed by atoms with van der Waals surface area (Å²) in [6, 6.07) is 4.96. The lowest BCUT2D eigenvalue weighted by Crippen LogP contribution is -2.14. The molecule has 1 N–H and O–H groups in total. The fraction of sp³-hybridized carbons (Fsp3) is 0.0909. The number of anilines is 1. The van der Waals surface area contributed by atoms with Gasteiger partial charge in [-0.3, -0.25) is 4.79 Å². The third-order valence-electron chi connectivity index (χ3n) is 2.03. The van der Waals surface area contributed by atoms with Crippen molar-refractivity contribution in [1.82, 2.24) is 4.98 Å². The number of hydrogen-bond acceptors (Lipinski definition) is 3. The summed E-state index contributed by atoms with van der Waals surface area (Å²) in [4.78, 5) is 15.7. The number of amides is 1. The largest absolute Gasteiger partial charge is 0.326 e. The van der Waals surface area contributed by atoms with Gasteiger partial charge in [0.25, 0.3) is 0 Å². The van der Waals surface area contributed by atoms with Crippen LogP contribution in [0.15, 0.2) is 29.1 Å². The van der Waals surface area contributed by atoms with Gasteiger partial charge in [-0.25, -0.2) is 4.98 Å². The zero-order valence-corrected chi connectivity index (χ0v) is 10.9. The second-order valence-electron chi connectivity index (χ2n) is 3.33. The van der Waals surface area contributed by atoms with Gasteiger partial charge >= 0.3 is 0 Å². The minimum Gasteiger partial charge on any atom is -0.326 e. The molecule has 2 aromatic rings. The first-order valence-corrected chi connectivity index (χ1v) is 6.47. The van der Waals surface area contributed by atoms with E-state index in [4.69, 9.17) is 23.2 Å². The molecule has 6 heteroatoms. The summed E-state index contributed by atoms with van der Waals surface area (Å²) in [5.74, 6) is -0.130. The number of thiazole rings is 1. The average molecular weight is 287 g/mol. The van der Waals surface area contributed by atoms with Crippen molar-refractivity contribution in [3.63, 3.8) is 0 Å². The highest BCUT2D eigenvalue weighted by molar-refractivity contribution is 7.07. The molecule has 0 unspecified atom stereocenters. The first kappa shape index (κ1) is 12.4. The van der Waals surface area contributed by atoms with E-state index in [1.165, 1.54) is 11.3 Å². The first-order valence-electron chi connectivity index (χ1n) is 4.77. The van der Waals surface area contributed by atoms with Crippen LogP contribution in [0.2, 0.25) is 10.0 Å². The van der Waals surface area contributed by atoms with Gasteiger partial charge in [0, 0.05) is 11.1 Å². The minimum atomic E-state index is -0.130. The molecule has 0 radical (unpaired) electrons. The molecule has 0 aliphatic heterocycles. The number of nitrogens with zero attached hydrogens (tertiary/aromatic N) is 1. The molecule has 0 aliphatic rings. The predicted octanol–water partition coefficient (Wildman–Crippen LogP) is 3.63. The maximum atomic E-state index is 11.7. The summed E-state index contributed by atoms with van der Waals surface area (Å²) in [5.41, 5.74) is 3.08. The number of benzene rings is 1. The van der Waals surface area contributed by atoms with Gasteiger partial charge in [0.1, 0.15) is 0 Å². The van der Waals surface area contributed by atoms with Crippen LogP contribution in [0.5, 0.6) is 0 Å². The number of carbonyl (C=O) groups excluding carboxylic acids is 1. The second-order valence-corrected chi connectivity index (χ2v) is 4.87. The van der Waals surface area contributed by atoms with Gasteiger partial charge in [-0.05, 0) is 18.2 Å². The van der Waals surface area contributed by atoms with Crippen LogP contribution in [0.1, 0.15) is 5.69 Å². The van der Waals surface area contributed by atoms with Gasteiger partial charge in [0.15, 0.2) is 0 Å². The van der Waals surface area contributed by atoms with E-state index in [-0.39, 0.29) is 12.3 Å². The summed E-state index contributed by atoms with van der Waals surface area (Å²) in [7, 11) is 0. The smallest absolute Gasteiger partial charge is 0.230 e. The maximum absolute atomic E-state index is 11.7. The summed E-state index contributed by atoms with van der Waals surface area (Å²) in [6.45, 7) is 0. The predicted molar refractivity (Wildman–Crippen MR) is 70.9 cm³/mol. The fourth-order valence-corrected chi connectivity index (χ4v) is 2.12. The summed E-state index contributed by atoms with van der Waals surface area (Å²) >= 11 is 13.1. The van der Waals surface area contributed by atoms with E-state index in [2.05, 4.69) is 10.3 Å². The molecular weight excluding hydrogens is 279 g/mol. The second kappa shape index (κ2) is 5.49. The van der Waals surface area contributed by atoms with Crippen LogP contribution in [-0.4, -0.2) is 10.9 Å². The molecule has 1 aromatic heterocycles. The SMILES string of the molecule is O=C(Cc1cscn1)Nc1ccc(Cl)c(Cl)c1. The quantitative estimate of drug-likeness (QED) is 0.936. The molecule has 0 bridgehead atoms. The summed E-state index contributed by atoms with van der Waals surface area (Å²) in [5, 5.41) is 5.45. The number of aromatic nitrogens is 1. The van der Waals surface area contributed by atoms with Crippen molar-refractivity contribution in [1.29, 1.82) is 0 Å². The van der Waals surface area contributed by atoms with Gasteiger partial charge in [-0.1, -0.05) is 23.2 Å². The van der Waals surface area contributed by atoms with Gasteiger partial charge in [0.2, 0.25) is 5.91 Å². The van der Waals surface area contributed by atoms with Crippen molar-refractivity contribution in [2.24, 2.45) is 0 Å². The molecule has 88 valence electrons. The molecule has 0 aliphatic carbocycles. The number of hydrogen-bond donors (Lipinski definition) is 1. The lowest BCUT2D eigenvalue weighted by atomic mass is 10.3. The normalized spacial score (nSPS) is 10.2. The Morgan fingerprint density at radius 2 is 2.18 bits per heavy atom. The minimum absolute atomic E-state index is 0.130. The van der Waals surface area contributed by atoms with Crippen LogP contribution in [0.3, 0.4) is 0 Å². The molecule has 1 heterocycles. The van der Waals surface area contributed by atoms with E-state index in [9.17, 15) is 4.79 Å². The number of halogens is 2. The molecular formula is C11H8Cl2N2OS. The van der Waals surface area contributed by atoms with E-state index in [1.807, 2.05) is 5.38 Å². The van der Waals surface area contributed by atoms with Gasteiger partial charge < -0.3 is 5.32 Å². The Bertz CT molecular complexity index is 528. The Morgan fingerprint density at radius 3 is 2.82 bits per heavy atom. The van der Waals surface area contributed by atoms with Crippen LogP contribution >= 0.6 is 34.5 Å². The van der Waals surface area contributed by atoms with Crippen molar-refractivity contribution in [2.45, 2.75) is 6.42 Å². The van der Waals surface area contributed by atoms with Gasteiger partial charge in [0.05, 0.1) is 27.7 Å². The molecule has 0 fully saturated rings. The van der Waals surface area contributed by atoms with Gasteiger partial charge in [-0.2, -0.15) is 0 Å². The Kier molecular flexibility index (Phi) is 3.99. The Morgan fingerprint density at radius 1 is 1.35 bits per heavy atom. The van der Waals surface area contributed by atoms with Crippen molar-refractivity contribution in [2.75, 3.05) is 5.32 Å². The van der Waals surface area contributed by atoms with E-state index in [1.54, 1.807) is 23.7 Å². The molecule has 3 nitrogen and oxygen atoms in total. The van der Waals surface area contributed by atoms with Crippen LogP contribution in [0.4, 0.5) is 5.69 Å². The molecule has 1 aromatic carbocycles. The monoisotopic (exact) mass is 286 g/mol. The first-order chi connectivity index (χ1) is 8.15. The van der Waals surface area contributed by atoms with Crippen LogP contribution in [0.25, 0.3) is 0 Å². The highest BCUT2D eigenvalue weighted by Crippen LogP contribution is 2.25. The standard InChI is InChI=1S/C11H8Cl2N2OS/c12-9-2-1-7(3-10(9)13)15-11(16)4-8-5-17-6-14-8/h1-3,5-6H,4H2,(H,15,16). The zero-order valence-electron chi connectivity index (χ0n) is 8.61. The number of carbonyl (C=O) groups is 1. The molecule has 0 spiro atoms. The van der Waals surface area contributed by atoms with Crippen molar-refractivity contribution in [3.8, 4) is 0 Å². The van der Waals surface area contributed by atoms with E-state index < -0.39 is 0 Å². The van der Waals surface area contributed by atoms with Crippen LogP contribution in [0, 0.1) is 0 Å². The molecule has 1 amide bonds. The van der Waals surface area contributed by atoms with Crippen molar-refractivity contribution in [3.05, 3.63) is 44.8 Å². The summed E-state index contributed by atoms with van der Waals surface area (Å²) < 4.78 is 0. The molecule has 0 saturated carbocycles. The highest BCUT2D eigenvalue weighted by atomic mass is 35.5. The fourth-order valence-electron chi connectivity index (χ4n) is 1.27. The lowest BCUT2D eigenvalue weighted by Gasteiger charge is -2.05. The number of rotatable bonds is 3. The Balaban J connectivity index is 2.00. The van der Waals surface area contributed by atoms with Crippen molar-refractivity contribution < 1.29 is 4.79 Å². The molecule has 2 rings (SSSR count). The van der Waals surface area contributed by atoms with Crippen LogP contribution < -0.4 is 5.32 Å². The molecule has 0 saturated heterocycles. The Labute approximate surface area is 112 Å². The van der Waals surface area contributed by atoms with E-state index in [0.717, 1.165) is 5.69 Å². The highest BCUT2D eigenvalue weighted by Gasteiger charge is 2.06. The number of nitrogens with one attached hydrogen (secondary N) is 1.